The topological polar surface area (TPSA) is 67.6 Å². The lowest BCUT2D eigenvalue weighted by Crippen LogP contribution is -2.51. The molecule has 2 saturated carbocycles. The van der Waals surface area contributed by atoms with Gasteiger partial charge < -0.3 is 20.7 Å². The second-order valence-electron chi connectivity index (χ2n) is 8.74. The number of fused-ring (bicyclic) bond motifs is 2. The van der Waals surface area contributed by atoms with Crippen molar-refractivity contribution in [2.45, 2.75) is 77.0 Å². The SMILES string of the molecule is CC(C)OCCN1CCC(NC(=O)C2CC3CCCC(C2)C3N)CC1.Cl.Cl. The molecule has 1 heterocycles. The molecule has 1 saturated heterocycles. The number of carbonyl (C=O) groups excluding carboxylic acids is 1. The maximum atomic E-state index is 12.7. The highest BCUT2D eigenvalue weighted by Crippen LogP contribution is 2.41. The third kappa shape index (κ3) is 7.04. The maximum Gasteiger partial charge on any atom is 0.223 e. The summed E-state index contributed by atoms with van der Waals surface area (Å²) >= 11 is 0. The molecule has 1 aliphatic heterocycles. The minimum absolute atomic E-state index is 0. The zero-order valence-corrected chi connectivity index (χ0v) is 18.5. The zero-order valence-electron chi connectivity index (χ0n) is 16.9. The molecule has 2 aliphatic carbocycles. The molecule has 3 N–H and O–H groups in total. The predicted octanol–water partition coefficient (Wildman–Crippen LogP) is 2.99. The normalized spacial score (nSPS) is 31.7. The Morgan fingerprint density at radius 2 is 1.70 bits per heavy atom. The summed E-state index contributed by atoms with van der Waals surface area (Å²) in [6, 6.07) is 0.694. The van der Waals surface area contributed by atoms with Crippen LogP contribution in [0.2, 0.25) is 0 Å². The Labute approximate surface area is 177 Å². The van der Waals surface area contributed by atoms with Gasteiger partial charge in [0.05, 0.1) is 12.7 Å². The molecule has 2 unspecified atom stereocenters. The third-order valence-corrected chi connectivity index (χ3v) is 6.58. The van der Waals surface area contributed by atoms with Crippen LogP contribution in [-0.4, -0.2) is 55.2 Å². The number of rotatable bonds is 6. The van der Waals surface area contributed by atoms with Crippen molar-refractivity contribution in [2.75, 3.05) is 26.2 Å². The van der Waals surface area contributed by atoms with Gasteiger partial charge in [-0.05, 0) is 64.2 Å². The number of ether oxygens (including phenoxy) is 1. The fraction of sp³-hybridized carbons (Fsp3) is 0.950. The van der Waals surface area contributed by atoms with Crippen molar-refractivity contribution in [2.24, 2.45) is 23.5 Å². The maximum absolute atomic E-state index is 12.7. The Morgan fingerprint density at radius 3 is 2.26 bits per heavy atom. The molecule has 3 rings (SSSR count). The first-order valence-corrected chi connectivity index (χ1v) is 10.4. The van der Waals surface area contributed by atoms with Crippen molar-refractivity contribution in [3.05, 3.63) is 0 Å². The molecule has 0 spiro atoms. The first-order chi connectivity index (χ1) is 12.0. The third-order valence-electron chi connectivity index (χ3n) is 6.58. The van der Waals surface area contributed by atoms with Crippen LogP contribution in [0.25, 0.3) is 0 Å². The summed E-state index contributed by atoms with van der Waals surface area (Å²) in [7, 11) is 0. The fourth-order valence-electron chi connectivity index (χ4n) is 5.04. The van der Waals surface area contributed by atoms with E-state index in [9.17, 15) is 4.79 Å². The van der Waals surface area contributed by atoms with Crippen LogP contribution >= 0.6 is 24.8 Å². The molecule has 5 nitrogen and oxygen atoms in total. The molecule has 2 bridgehead atoms. The molecule has 160 valence electrons. The van der Waals surface area contributed by atoms with Crippen LogP contribution in [0.3, 0.4) is 0 Å². The molecule has 1 amide bonds. The summed E-state index contributed by atoms with van der Waals surface area (Å²) in [4.78, 5) is 15.2. The first kappa shape index (κ1) is 25.0. The predicted molar refractivity (Wildman–Crippen MR) is 115 cm³/mol. The Hall–Kier alpha value is -0.0700. The van der Waals surface area contributed by atoms with Crippen LogP contribution in [0.4, 0.5) is 0 Å². The van der Waals surface area contributed by atoms with Crippen LogP contribution in [0.5, 0.6) is 0 Å². The van der Waals surface area contributed by atoms with Gasteiger partial charge in [0.1, 0.15) is 0 Å². The summed E-state index contributed by atoms with van der Waals surface area (Å²) < 4.78 is 5.64. The largest absolute Gasteiger partial charge is 0.377 e. The first-order valence-electron chi connectivity index (χ1n) is 10.4. The second kappa shape index (κ2) is 11.8. The van der Waals surface area contributed by atoms with Gasteiger partial charge in [0.15, 0.2) is 0 Å². The number of carbonyl (C=O) groups is 1. The van der Waals surface area contributed by atoms with Crippen molar-refractivity contribution in [3.63, 3.8) is 0 Å². The fourth-order valence-corrected chi connectivity index (χ4v) is 5.04. The second-order valence-corrected chi connectivity index (χ2v) is 8.74. The highest BCUT2D eigenvalue weighted by Gasteiger charge is 2.40. The van der Waals surface area contributed by atoms with Crippen molar-refractivity contribution in [3.8, 4) is 0 Å². The van der Waals surface area contributed by atoms with E-state index in [0.717, 1.165) is 51.9 Å². The number of amides is 1. The molecule has 3 fully saturated rings. The minimum Gasteiger partial charge on any atom is -0.377 e. The van der Waals surface area contributed by atoms with Gasteiger partial charge >= 0.3 is 0 Å². The van der Waals surface area contributed by atoms with E-state index in [4.69, 9.17) is 10.5 Å². The molecular formula is C20H39Cl2N3O2. The van der Waals surface area contributed by atoms with Gasteiger partial charge in [-0.1, -0.05) is 6.42 Å². The average Bonchev–Trinajstić information content (AvgIpc) is 2.56. The van der Waals surface area contributed by atoms with Gasteiger partial charge in [-0.2, -0.15) is 0 Å². The van der Waals surface area contributed by atoms with Crippen LogP contribution < -0.4 is 11.1 Å². The molecule has 7 heteroatoms. The smallest absolute Gasteiger partial charge is 0.223 e. The lowest BCUT2D eigenvalue weighted by molar-refractivity contribution is -0.129. The van der Waals surface area contributed by atoms with Gasteiger partial charge in [-0.15, -0.1) is 24.8 Å². The van der Waals surface area contributed by atoms with E-state index in [2.05, 4.69) is 24.1 Å². The minimum atomic E-state index is 0. The standard InChI is InChI=1S/C20H37N3O2.2ClH/c1-14(2)25-11-10-23-8-6-18(7-9-23)22-20(24)17-12-15-4-3-5-16(13-17)19(15)21;;/h14-19H,3-13,21H2,1-2H3,(H,22,24);2*1H. The number of hydrogen-bond donors (Lipinski definition) is 2. The summed E-state index contributed by atoms with van der Waals surface area (Å²) in [5.41, 5.74) is 6.36. The van der Waals surface area contributed by atoms with Gasteiger partial charge in [-0.25, -0.2) is 0 Å². The lowest BCUT2D eigenvalue weighted by Gasteiger charge is -2.44. The quantitative estimate of drug-likeness (QED) is 0.688. The Bertz CT molecular complexity index is 431. The van der Waals surface area contributed by atoms with E-state index in [1.807, 2.05) is 0 Å². The summed E-state index contributed by atoms with van der Waals surface area (Å²) in [6.07, 6.45) is 8.19. The number of likely N-dealkylation sites (tertiary alicyclic amines) is 1. The highest BCUT2D eigenvalue weighted by atomic mass is 35.5. The number of nitrogens with one attached hydrogen (secondary N) is 1. The van der Waals surface area contributed by atoms with Crippen LogP contribution in [0, 0.1) is 17.8 Å². The molecule has 0 aromatic carbocycles. The number of nitrogens with zero attached hydrogens (tertiary/aromatic N) is 1. The molecule has 27 heavy (non-hydrogen) atoms. The average molecular weight is 424 g/mol. The van der Waals surface area contributed by atoms with Crippen LogP contribution in [-0.2, 0) is 9.53 Å². The van der Waals surface area contributed by atoms with Crippen molar-refractivity contribution in [1.29, 1.82) is 0 Å². The van der Waals surface area contributed by atoms with Gasteiger partial charge in [0.2, 0.25) is 5.91 Å². The van der Waals surface area contributed by atoms with Gasteiger partial charge in [0, 0.05) is 37.6 Å². The Morgan fingerprint density at radius 1 is 1.11 bits per heavy atom. The van der Waals surface area contributed by atoms with Gasteiger partial charge in [0.25, 0.3) is 0 Å². The number of hydrogen-bond acceptors (Lipinski definition) is 4. The number of nitrogens with two attached hydrogens (primary N) is 1. The lowest BCUT2D eigenvalue weighted by atomic mass is 9.65. The van der Waals surface area contributed by atoms with Crippen LogP contribution in [0.15, 0.2) is 0 Å². The van der Waals surface area contributed by atoms with Gasteiger partial charge in [-0.3, -0.25) is 4.79 Å². The van der Waals surface area contributed by atoms with Crippen molar-refractivity contribution in [1.82, 2.24) is 10.2 Å². The van der Waals surface area contributed by atoms with E-state index in [-0.39, 0.29) is 30.7 Å². The van der Waals surface area contributed by atoms with Crippen molar-refractivity contribution >= 4 is 30.7 Å². The Balaban J connectivity index is 0.00000182. The molecule has 0 aromatic rings. The van der Waals surface area contributed by atoms with Crippen molar-refractivity contribution < 1.29 is 9.53 Å². The van der Waals surface area contributed by atoms with E-state index < -0.39 is 0 Å². The zero-order chi connectivity index (χ0) is 17.8. The molecule has 3 aliphatic rings. The van der Waals surface area contributed by atoms with E-state index in [1.165, 1.54) is 19.3 Å². The molecular weight excluding hydrogens is 385 g/mol. The van der Waals surface area contributed by atoms with E-state index in [1.54, 1.807) is 0 Å². The summed E-state index contributed by atoms with van der Waals surface area (Å²) in [6.45, 7) is 8.09. The van der Waals surface area contributed by atoms with E-state index >= 15 is 0 Å². The number of piperidine rings is 1. The van der Waals surface area contributed by atoms with E-state index in [0.29, 0.717) is 35.9 Å². The highest BCUT2D eigenvalue weighted by molar-refractivity contribution is 5.85. The molecule has 0 aromatic heterocycles. The molecule has 2 atom stereocenters. The monoisotopic (exact) mass is 423 g/mol. The molecule has 0 radical (unpaired) electrons. The summed E-state index contributed by atoms with van der Waals surface area (Å²) in [5, 5.41) is 3.35. The van der Waals surface area contributed by atoms with Crippen LogP contribution in [0.1, 0.15) is 58.8 Å². The summed E-state index contributed by atoms with van der Waals surface area (Å²) in [5.74, 6) is 1.65. The number of halogens is 2. The Kier molecular flexibility index (Phi) is 10.9.